The SMILES string of the molecule is Cc1ccccc1C1CC(C)N(C(=O)C2CCCCC2(C)N)C1.Cl. The van der Waals surface area contributed by atoms with Crippen molar-refractivity contribution in [2.75, 3.05) is 6.54 Å². The highest BCUT2D eigenvalue weighted by Crippen LogP contribution is 2.38. The largest absolute Gasteiger partial charge is 0.339 e. The molecule has 4 unspecified atom stereocenters. The molecule has 0 aromatic heterocycles. The number of aryl methyl sites for hydroxylation is 1. The molecule has 24 heavy (non-hydrogen) atoms. The maximum Gasteiger partial charge on any atom is 0.227 e. The molecule has 1 heterocycles. The molecule has 1 aliphatic carbocycles. The van der Waals surface area contributed by atoms with E-state index in [9.17, 15) is 4.79 Å². The highest BCUT2D eigenvalue weighted by atomic mass is 35.5. The third kappa shape index (κ3) is 3.62. The Morgan fingerprint density at radius 1 is 1.29 bits per heavy atom. The molecule has 0 spiro atoms. The van der Waals surface area contributed by atoms with Crippen molar-refractivity contribution in [2.45, 2.75) is 70.4 Å². The predicted molar refractivity (Wildman–Crippen MR) is 102 cm³/mol. The Labute approximate surface area is 152 Å². The summed E-state index contributed by atoms with van der Waals surface area (Å²) in [6.07, 6.45) is 5.26. The molecule has 1 saturated carbocycles. The lowest BCUT2D eigenvalue weighted by molar-refractivity contribution is -0.139. The van der Waals surface area contributed by atoms with Gasteiger partial charge in [-0.1, -0.05) is 37.1 Å². The number of likely N-dealkylation sites (tertiary alicyclic amines) is 1. The molecule has 0 radical (unpaired) electrons. The molecule has 1 aliphatic heterocycles. The molecular weight excluding hydrogens is 320 g/mol. The van der Waals surface area contributed by atoms with Crippen LogP contribution in [0.4, 0.5) is 0 Å². The highest BCUT2D eigenvalue weighted by Gasteiger charge is 2.43. The zero-order chi connectivity index (χ0) is 16.6. The second kappa shape index (κ2) is 7.45. The third-order valence-electron chi connectivity index (χ3n) is 6.04. The van der Waals surface area contributed by atoms with Crippen LogP contribution in [0.1, 0.15) is 63.0 Å². The van der Waals surface area contributed by atoms with Crippen molar-refractivity contribution in [1.82, 2.24) is 4.90 Å². The number of carbonyl (C=O) groups excluding carboxylic acids is 1. The Bertz CT molecular complexity index is 587. The molecule has 1 saturated heterocycles. The van der Waals surface area contributed by atoms with Gasteiger partial charge in [0.05, 0.1) is 5.92 Å². The Balaban J connectivity index is 0.00000208. The lowest BCUT2D eigenvalue weighted by Crippen LogP contribution is -2.54. The van der Waals surface area contributed by atoms with Gasteiger partial charge < -0.3 is 10.6 Å². The van der Waals surface area contributed by atoms with Gasteiger partial charge in [0.2, 0.25) is 5.91 Å². The second-order valence-electron chi connectivity index (χ2n) is 7.93. The monoisotopic (exact) mass is 350 g/mol. The Hall–Kier alpha value is -1.06. The smallest absolute Gasteiger partial charge is 0.227 e. The molecule has 3 nitrogen and oxygen atoms in total. The van der Waals surface area contributed by atoms with Crippen LogP contribution in [0.15, 0.2) is 24.3 Å². The fourth-order valence-corrected chi connectivity index (χ4v) is 4.57. The lowest BCUT2D eigenvalue weighted by Gasteiger charge is -2.40. The summed E-state index contributed by atoms with van der Waals surface area (Å²) >= 11 is 0. The first kappa shape index (κ1) is 19.3. The number of amides is 1. The Kier molecular flexibility index (Phi) is 5.98. The zero-order valence-corrected chi connectivity index (χ0v) is 15.9. The third-order valence-corrected chi connectivity index (χ3v) is 6.04. The first-order chi connectivity index (χ1) is 10.9. The summed E-state index contributed by atoms with van der Waals surface area (Å²) in [5, 5.41) is 0. The molecule has 2 fully saturated rings. The number of benzene rings is 1. The van der Waals surface area contributed by atoms with E-state index in [0.29, 0.717) is 17.9 Å². The number of nitrogens with two attached hydrogens (primary N) is 1. The fourth-order valence-electron chi connectivity index (χ4n) is 4.57. The summed E-state index contributed by atoms with van der Waals surface area (Å²) in [6.45, 7) is 7.27. The van der Waals surface area contributed by atoms with E-state index in [4.69, 9.17) is 5.73 Å². The summed E-state index contributed by atoms with van der Waals surface area (Å²) in [4.78, 5) is 15.2. The summed E-state index contributed by atoms with van der Waals surface area (Å²) < 4.78 is 0. The molecule has 1 amide bonds. The van der Waals surface area contributed by atoms with Crippen LogP contribution in [-0.4, -0.2) is 28.9 Å². The van der Waals surface area contributed by atoms with Gasteiger partial charge in [0.15, 0.2) is 0 Å². The first-order valence-electron chi connectivity index (χ1n) is 9.05. The van der Waals surface area contributed by atoms with Crippen molar-refractivity contribution < 1.29 is 4.79 Å². The van der Waals surface area contributed by atoms with Crippen molar-refractivity contribution in [1.29, 1.82) is 0 Å². The van der Waals surface area contributed by atoms with Crippen molar-refractivity contribution in [2.24, 2.45) is 11.7 Å². The number of hydrogen-bond donors (Lipinski definition) is 1. The van der Waals surface area contributed by atoms with Crippen LogP contribution in [0.5, 0.6) is 0 Å². The van der Waals surface area contributed by atoms with Gasteiger partial charge in [0, 0.05) is 24.0 Å². The standard InChI is InChI=1S/C20H30N2O.ClH/c1-14-8-4-5-9-17(14)16-12-15(2)22(13-16)19(23)18-10-6-7-11-20(18,3)21;/h4-5,8-9,15-16,18H,6-7,10-13,21H2,1-3H3;1H. The summed E-state index contributed by atoms with van der Waals surface area (Å²) in [7, 11) is 0. The molecule has 4 atom stereocenters. The van der Waals surface area contributed by atoms with Crippen molar-refractivity contribution in [3.8, 4) is 0 Å². The molecule has 0 bridgehead atoms. The van der Waals surface area contributed by atoms with E-state index in [1.165, 1.54) is 11.1 Å². The summed E-state index contributed by atoms with van der Waals surface area (Å²) in [5.74, 6) is 0.746. The van der Waals surface area contributed by atoms with Crippen LogP contribution in [0.25, 0.3) is 0 Å². The predicted octanol–water partition coefficient (Wildman–Crippen LogP) is 4.03. The first-order valence-corrected chi connectivity index (χ1v) is 9.05. The maximum absolute atomic E-state index is 13.1. The van der Waals surface area contributed by atoms with Gasteiger partial charge >= 0.3 is 0 Å². The van der Waals surface area contributed by atoms with E-state index in [-0.39, 0.29) is 23.9 Å². The van der Waals surface area contributed by atoms with Gasteiger partial charge in [-0.15, -0.1) is 12.4 Å². The molecule has 2 aliphatic rings. The lowest BCUT2D eigenvalue weighted by atomic mass is 9.74. The van der Waals surface area contributed by atoms with Crippen molar-refractivity contribution in [3.05, 3.63) is 35.4 Å². The van der Waals surface area contributed by atoms with E-state index in [0.717, 1.165) is 38.6 Å². The summed E-state index contributed by atoms with van der Waals surface area (Å²) in [6, 6.07) is 8.89. The van der Waals surface area contributed by atoms with Crippen LogP contribution in [-0.2, 0) is 4.79 Å². The van der Waals surface area contributed by atoms with E-state index >= 15 is 0 Å². The Morgan fingerprint density at radius 3 is 2.67 bits per heavy atom. The quantitative estimate of drug-likeness (QED) is 0.875. The fraction of sp³-hybridized carbons (Fsp3) is 0.650. The summed E-state index contributed by atoms with van der Waals surface area (Å²) in [5.41, 5.74) is 8.85. The van der Waals surface area contributed by atoms with Crippen molar-refractivity contribution in [3.63, 3.8) is 0 Å². The number of halogens is 1. The second-order valence-corrected chi connectivity index (χ2v) is 7.93. The maximum atomic E-state index is 13.1. The van der Waals surface area contributed by atoms with E-state index in [1.807, 2.05) is 0 Å². The normalized spacial score (nSPS) is 33.2. The number of nitrogens with zero attached hydrogens (tertiary/aromatic N) is 1. The van der Waals surface area contributed by atoms with Gasteiger partial charge in [-0.2, -0.15) is 0 Å². The molecular formula is C20H31ClN2O. The average Bonchev–Trinajstić information content (AvgIpc) is 2.88. The molecule has 4 heteroatoms. The average molecular weight is 351 g/mol. The van der Waals surface area contributed by atoms with Gasteiger partial charge in [0.1, 0.15) is 0 Å². The number of carbonyl (C=O) groups is 1. The molecule has 1 aromatic carbocycles. The van der Waals surface area contributed by atoms with E-state index in [1.54, 1.807) is 0 Å². The van der Waals surface area contributed by atoms with Gasteiger partial charge in [-0.05, 0) is 51.2 Å². The number of rotatable bonds is 2. The Morgan fingerprint density at radius 2 is 2.00 bits per heavy atom. The van der Waals surface area contributed by atoms with Crippen LogP contribution >= 0.6 is 12.4 Å². The molecule has 2 N–H and O–H groups in total. The minimum atomic E-state index is -0.337. The van der Waals surface area contributed by atoms with Crippen LogP contribution in [0.2, 0.25) is 0 Å². The topological polar surface area (TPSA) is 46.3 Å². The van der Waals surface area contributed by atoms with Crippen LogP contribution in [0, 0.1) is 12.8 Å². The molecule has 3 rings (SSSR count). The minimum Gasteiger partial charge on any atom is -0.339 e. The van der Waals surface area contributed by atoms with Gasteiger partial charge in [0.25, 0.3) is 0 Å². The minimum absolute atomic E-state index is 0. The van der Waals surface area contributed by atoms with Gasteiger partial charge in [-0.25, -0.2) is 0 Å². The van der Waals surface area contributed by atoms with Crippen LogP contribution < -0.4 is 5.73 Å². The van der Waals surface area contributed by atoms with Gasteiger partial charge in [-0.3, -0.25) is 4.79 Å². The van der Waals surface area contributed by atoms with E-state index in [2.05, 4.69) is 49.9 Å². The van der Waals surface area contributed by atoms with E-state index < -0.39 is 0 Å². The molecule has 134 valence electrons. The number of hydrogen-bond acceptors (Lipinski definition) is 2. The van der Waals surface area contributed by atoms with Crippen LogP contribution in [0.3, 0.4) is 0 Å². The van der Waals surface area contributed by atoms with Crippen molar-refractivity contribution >= 4 is 18.3 Å². The zero-order valence-electron chi connectivity index (χ0n) is 15.1. The molecule has 1 aromatic rings. The highest BCUT2D eigenvalue weighted by molar-refractivity contribution is 5.85.